The first-order valence-corrected chi connectivity index (χ1v) is 5.07. The lowest BCUT2D eigenvalue weighted by atomic mass is 10.2. The lowest BCUT2D eigenvalue weighted by molar-refractivity contribution is 0.0599. The topological polar surface area (TPSA) is 64.1 Å². The molecule has 0 fully saturated rings. The number of aromatic nitrogens is 2. The van der Waals surface area contributed by atoms with Gasteiger partial charge < -0.3 is 10.1 Å². The average molecular weight is 215 g/mol. The van der Waals surface area contributed by atoms with Gasteiger partial charge in [-0.15, -0.1) is 10.2 Å². The van der Waals surface area contributed by atoms with E-state index in [1.165, 1.54) is 18.4 Å². The van der Waals surface area contributed by atoms with Gasteiger partial charge in [0.2, 0.25) is 5.01 Å². The van der Waals surface area contributed by atoms with Gasteiger partial charge >= 0.3 is 5.97 Å². The summed E-state index contributed by atoms with van der Waals surface area (Å²) in [5, 5.41) is 11.9. The summed E-state index contributed by atoms with van der Waals surface area (Å²) < 4.78 is 4.53. The fraction of sp³-hybridized carbons (Fsp3) is 0.625. The van der Waals surface area contributed by atoms with Gasteiger partial charge in [0.05, 0.1) is 7.11 Å². The Morgan fingerprint density at radius 2 is 2.36 bits per heavy atom. The number of carbonyl (C=O) groups excluding carboxylic acids is 1. The van der Waals surface area contributed by atoms with E-state index in [1.807, 2.05) is 14.0 Å². The standard InChI is InChI=1S/C8H13N3O2S/c1-5(9-2)4-6-10-11-7(14-6)8(12)13-3/h5,9H,4H2,1-3H3. The highest BCUT2D eigenvalue weighted by Gasteiger charge is 2.13. The molecule has 5 nitrogen and oxygen atoms in total. The van der Waals surface area contributed by atoms with Crippen LogP contribution < -0.4 is 5.32 Å². The molecule has 0 aliphatic carbocycles. The van der Waals surface area contributed by atoms with Crippen LogP contribution in [0.15, 0.2) is 0 Å². The third kappa shape index (κ3) is 2.74. The Balaban J connectivity index is 2.63. The maximum atomic E-state index is 11.1. The predicted octanol–water partition coefficient (Wildman–Crippen LogP) is 0.475. The maximum absolute atomic E-state index is 11.1. The molecule has 1 N–H and O–H groups in total. The molecule has 1 heterocycles. The third-order valence-corrected chi connectivity index (χ3v) is 2.73. The molecule has 0 saturated heterocycles. The Kier molecular flexibility index (Phi) is 3.97. The fourth-order valence-electron chi connectivity index (χ4n) is 0.870. The summed E-state index contributed by atoms with van der Waals surface area (Å²) in [5.41, 5.74) is 0. The lowest BCUT2D eigenvalue weighted by Crippen LogP contribution is -2.23. The monoisotopic (exact) mass is 215 g/mol. The molecular formula is C8H13N3O2S. The molecule has 1 rings (SSSR count). The van der Waals surface area contributed by atoms with Crippen LogP contribution in [0, 0.1) is 0 Å². The molecule has 0 saturated carbocycles. The van der Waals surface area contributed by atoms with Crippen LogP contribution in [-0.2, 0) is 11.2 Å². The second kappa shape index (κ2) is 5.02. The van der Waals surface area contributed by atoms with Gasteiger partial charge in [0, 0.05) is 12.5 Å². The minimum Gasteiger partial charge on any atom is -0.464 e. The van der Waals surface area contributed by atoms with E-state index in [0.717, 1.165) is 11.4 Å². The summed E-state index contributed by atoms with van der Waals surface area (Å²) >= 11 is 1.27. The van der Waals surface area contributed by atoms with Crippen molar-refractivity contribution >= 4 is 17.3 Å². The maximum Gasteiger partial charge on any atom is 0.369 e. The van der Waals surface area contributed by atoms with E-state index in [0.29, 0.717) is 11.0 Å². The van der Waals surface area contributed by atoms with E-state index in [4.69, 9.17) is 0 Å². The van der Waals surface area contributed by atoms with E-state index >= 15 is 0 Å². The van der Waals surface area contributed by atoms with Crippen LogP contribution in [0.25, 0.3) is 0 Å². The molecule has 1 atom stereocenters. The normalized spacial score (nSPS) is 12.5. The molecule has 1 aromatic rings. The molecule has 0 spiro atoms. The summed E-state index contributed by atoms with van der Waals surface area (Å²) in [6, 6.07) is 0.327. The van der Waals surface area contributed by atoms with Gasteiger partial charge in [-0.3, -0.25) is 0 Å². The Morgan fingerprint density at radius 3 is 2.93 bits per heavy atom. The quantitative estimate of drug-likeness (QED) is 0.740. The Labute approximate surface area is 86.5 Å². The van der Waals surface area contributed by atoms with Gasteiger partial charge in [0.15, 0.2) is 0 Å². The number of likely N-dealkylation sites (N-methyl/N-ethyl adjacent to an activating group) is 1. The molecule has 0 aliphatic heterocycles. The number of esters is 1. The minimum atomic E-state index is -0.425. The number of carbonyl (C=O) groups is 1. The first kappa shape index (κ1) is 11.1. The van der Waals surface area contributed by atoms with Crippen molar-refractivity contribution in [1.29, 1.82) is 0 Å². The molecule has 0 radical (unpaired) electrons. The largest absolute Gasteiger partial charge is 0.464 e. The van der Waals surface area contributed by atoms with Gasteiger partial charge in [-0.25, -0.2) is 4.79 Å². The molecule has 6 heteroatoms. The van der Waals surface area contributed by atoms with Gasteiger partial charge in [-0.1, -0.05) is 11.3 Å². The van der Waals surface area contributed by atoms with Crippen LogP contribution in [-0.4, -0.2) is 36.4 Å². The zero-order valence-corrected chi connectivity index (χ0v) is 9.22. The first-order valence-electron chi connectivity index (χ1n) is 4.25. The molecule has 0 aromatic carbocycles. The van der Waals surface area contributed by atoms with Crippen molar-refractivity contribution in [3.8, 4) is 0 Å². The number of nitrogens with zero attached hydrogens (tertiary/aromatic N) is 2. The Morgan fingerprint density at radius 1 is 1.64 bits per heavy atom. The van der Waals surface area contributed by atoms with Crippen molar-refractivity contribution < 1.29 is 9.53 Å². The van der Waals surface area contributed by atoms with E-state index in [9.17, 15) is 4.79 Å². The zero-order valence-electron chi connectivity index (χ0n) is 8.40. The number of methoxy groups -OCH3 is 1. The van der Waals surface area contributed by atoms with Gasteiger partial charge in [-0.2, -0.15) is 0 Å². The molecule has 14 heavy (non-hydrogen) atoms. The molecule has 0 aliphatic rings. The van der Waals surface area contributed by atoms with Crippen molar-refractivity contribution in [2.75, 3.05) is 14.2 Å². The van der Waals surface area contributed by atoms with Gasteiger partial charge in [0.25, 0.3) is 0 Å². The number of ether oxygens (including phenoxy) is 1. The van der Waals surface area contributed by atoms with E-state index < -0.39 is 5.97 Å². The third-order valence-electron chi connectivity index (χ3n) is 1.80. The van der Waals surface area contributed by atoms with E-state index in [1.54, 1.807) is 0 Å². The summed E-state index contributed by atoms with van der Waals surface area (Å²) in [6.07, 6.45) is 0.769. The summed E-state index contributed by atoms with van der Waals surface area (Å²) in [5.74, 6) is -0.425. The molecule has 1 aromatic heterocycles. The second-order valence-electron chi connectivity index (χ2n) is 2.89. The highest BCUT2D eigenvalue weighted by molar-refractivity contribution is 7.13. The number of hydrogen-bond donors (Lipinski definition) is 1. The van der Waals surface area contributed by atoms with Crippen LogP contribution in [0.2, 0.25) is 0 Å². The minimum absolute atomic E-state index is 0.311. The Bertz CT molecular complexity index is 313. The lowest BCUT2D eigenvalue weighted by Gasteiger charge is -2.05. The van der Waals surface area contributed by atoms with Crippen molar-refractivity contribution in [3.63, 3.8) is 0 Å². The van der Waals surface area contributed by atoms with Gasteiger partial charge in [0.1, 0.15) is 5.01 Å². The van der Waals surface area contributed by atoms with Crippen LogP contribution >= 0.6 is 11.3 Å². The summed E-state index contributed by atoms with van der Waals surface area (Å²) in [4.78, 5) is 11.1. The number of hydrogen-bond acceptors (Lipinski definition) is 6. The fourth-order valence-corrected chi connectivity index (χ4v) is 1.76. The highest BCUT2D eigenvalue weighted by Crippen LogP contribution is 2.12. The molecule has 0 amide bonds. The summed E-state index contributed by atoms with van der Waals surface area (Å²) in [6.45, 7) is 2.04. The molecule has 1 unspecified atom stereocenters. The van der Waals surface area contributed by atoms with Gasteiger partial charge in [-0.05, 0) is 14.0 Å². The molecule has 0 bridgehead atoms. The SMILES string of the molecule is CNC(C)Cc1nnc(C(=O)OC)s1. The zero-order chi connectivity index (χ0) is 10.6. The van der Waals surface area contributed by atoms with Crippen LogP contribution in [0.3, 0.4) is 0 Å². The average Bonchev–Trinajstić information content (AvgIpc) is 2.65. The highest BCUT2D eigenvalue weighted by atomic mass is 32.1. The Hall–Kier alpha value is -1.01. The van der Waals surface area contributed by atoms with E-state index in [-0.39, 0.29) is 0 Å². The first-order chi connectivity index (χ1) is 6.67. The summed E-state index contributed by atoms with van der Waals surface area (Å²) in [7, 11) is 3.21. The van der Waals surface area contributed by atoms with Crippen LogP contribution in [0.1, 0.15) is 21.7 Å². The number of rotatable bonds is 4. The smallest absolute Gasteiger partial charge is 0.369 e. The predicted molar refractivity (Wildman–Crippen MR) is 53.5 cm³/mol. The van der Waals surface area contributed by atoms with Crippen molar-refractivity contribution in [2.24, 2.45) is 0 Å². The van der Waals surface area contributed by atoms with Crippen molar-refractivity contribution in [1.82, 2.24) is 15.5 Å². The molecule has 78 valence electrons. The van der Waals surface area contributed by atoms with Crippen molar-refractivity contribution in [3.05, 3.63) is 10.0 Å². The van der Waals surface area contributed by atoms with Crippen molar-refractivity contribution in [2.45, 2.75) is 19.4 Å². The molecular weight excluding hydrogens is 202 g/mol. The van der Waals surface area contributed by atoms with Crippen LogP contribution in [0.5, 0.6) is 0 Å². The van der Waals surface area contributed by atoms with E-state index in [2.05, 4.69) is 20.3 Å². The second-order valence-corrected chi connectivity index (χ2v) is 3.95. The van der Waals surface area contributed by atoms with Crippen LogP contribution in [0.4, 0.5) is 0 Å². The number of nitrogens with one attached hydrogen (secondary N) is 1.